The Morgan fingerprint density at radius 1 is 1.58 bits per heavy atom. The summed E-state index contributed by atoms with van der Waals surface area (Å²) in [5.74, 6) is -1.21. The van der Waals surface area contributed by atoms with Crippen LogP contribution >= 0.6 is 11.3 Å². The van der Waals surface area contributed by atoms with E-state index in [9.17, 15) is 13.2 Å². The van der Waals surface area contributed by atoms with E-state index >= 15 is 0 Å². The predicted octanol–water partition coefficient (Wildman–Crippen LogP) is 0.737. The number of carboxylic acid groups (broad SMARTS) is 1. The third-order valence-corrected chi connectivity index (χ3v) is 6.02. The molecule has 0 aliphatic carbocycles. The van der Waals surface area contributed by atoms with Crippen LogP contribution in [0.25, 0.3) is 0 Å². The molecule has 0 radical (unpaired) electrons. The van der Waals surface area contributed by atoms with E-state index in [0.29, 0.717) is 12.1 Å². The highest BCUT2D eigenvalue weighted by Crippen LogP contribution is 2.27. The number of aromatic carboxylic acids is 1. The van der Waals surface area contributed by atoms with Gasteiger partial charge in [0.25, 0.3) is 0 Å². The number of hydrogen-bond donors (Lipinski definition) is 2. The summed E-state index contributed by atoms with van der Waals surface area (Å²) in [7, 11) is -1.85. The Labute approximate surface area is 116 Å². The zero-order valence-corrected chi connectivity index (χ0v) is 12.3. The van der Waals surface area contributed by atoms with Gasteiger partial charge in [0.1, 0.15) is 9.77 Å². The van der Waals surface area contributed by atoms with Crippen molar-refractivity contribution in [3.05, 3.63) is 15.8 Å². The van der Waals surface area contributed by atoms with Crippen molar-refractivity contribution in [1.82, 2.24) is 9.62 Å². The molecule has 19 heavy (non-hydrogen) atoms. The topological polar surface area (TPSA) is 86.7 Å². The van der Waals surface area contributed by atoms with Gasteiger partial charge in [0.2, 0.25) is 10.0 Å². The van der Waals surface area contributed by atoms with Gasteiger partial charge < -0.3 is 10.0 Å². The summed E-state index contributed by atoms with van der Waals surface area (Å²) in [5.41, 5.74) is 0.473. The zero-order valence-electron chi connectivity index (χ0n) is 10.7. The van der Waals surface area contributed by atoms with Crippen LogP contribution in [0.1, 0.15) is 21.7 Å². The van der Waals surface area contributed by atoms with Gasteiger partial charge in [-0.15, -0.1) is 11.3 Å². The Bertz CT molecular complexity index is 594. The number of aryl methyl sites for hydroxylation is 1. The number of likely N-dealkylation sites (tertiary alicyclic amines) is 1. The molecule has 1 aliphatic rings. The maximum absolute atomic E-state index is 12.3. The van der Waals surface area contributed by atoms with Gasteiger partial charge in [0, 0.05) is 12.6 Å². The number of likely N-dealkylation sites (N-methyl/N-ethyl adjacent to an activating group) is 1. The minimum Gasteiger partial charge on any atom is -0.477 e. The molecule has 1 aliphatic heterocycles. The summed E-state index contributed by atoms with van der Waals surface area (Å²) < 4.78 is 27.2. The molecule has 0 amide bonds. The van der Waals surface area contributed by atoms with Crippen molar-refractivity contribution in [3.8, 4) is 0 Å². The lowest BCUT2D eigenvalue weighted by molar-refractivity contribution is 0.0698. The fourth-order valence-corrected chi connectivity index (χ4v) is 5.12. The second-order valence-corrected chi connectivity index (χ2v) is 7.28. The molecule has 1 unspecified atom stereocenters. The Hall–Kier alpha value is -0.960. The van der Waals surface area contributed by atoms with Gasteiger partial charge in [-0.2, -0.15) is 0 Å². The summed E-state index contributed by atoms with van der Waals surface area (Å²) in [5, 5.41) is 10.6. The normalized spacial score (nSPS) is 20.8. The number of nitrogens with one attached hydrogen (secondary N) is 1. The quantitative estimate of drug-likeness (QED) is 0.856. The third-order valence-electron chi connectivity index (χ3n) is 3.09. The number of rotatable bonds is 4. The molecular formula is C11H16N2O4S2. The van der Waals surface area contributed by atoms with E-state index in [1.54, 1.807) is 12.3 Å². The van der Waals surface area contributed by atoms with Crippen LogP contribution in [0.15, 0.2) is 10.3 Å². The van der Waals surface area contributed by atoms with E-state index in [4.69, 9.17) is 5.11 Å². The van der Waals surface area contributed by atoms with Gasteiger partial charge in [0.05, 0.1) is 0 Å². The van der Waals surface area contributed by atoms with E-state index in [-0.39, 0.29) is 15.8 Å². The number of sulfonamides is 1. The summed E-state index contributed by atoms with van der Waals surface area (Å²) in [6, 6.07) is -0.157. The van der Waals surface area contributed by atoms with Crippen LogP contribution < -0.4 is 4.72 Å². The van der Waals surface area contributed by atoms with Gasteiger partial charge in [-0.05, 0) is 37.9 Å². The minimum atomic E-state index is -3.78. The van der Waals surface area contributed by atoms with Gasteiger partial charge >= 0.3 is 5.97 Å². The minimum absolute atomic E-state index is 0.0976. The molecule has 106 valence electrons. The predicted molar refractivity (Wildman–Crippen MR) is 72.2 cm³/mol. The first-order valence-corrected chi connectivity index (χ1v) is 8.20. The van der Waals surface area contributed by atoms with Gasteiger partial charge in [-0.1, -0.05) is 0 Å². The molecule has 0 saturated carbocycles. The molecule has 1 atom stereocenters. The molecule has 8 heteroatoms. The maximum atomic E-state index is 12.3. The monoisotopic (exact) mass is 304 g/mol. The van der Waals surface area contributed by atoms with Crippen LogP contribution in [-0.4, -0.2) is 50.6 Å². The molecule has 1 aromatic rings. The fraction of sp³-hybridized carbons (Fsp3) is 0.545. The van der Waals surface area contributed by atoms with Crippen molar-refractivity contribution in [3.63, 3.8) is 0 Å². The van der Waals surface area contributed by atoms with Crippen LogP contribution in [0.3, 0.4) is 0 Å². The van der Waals surface area contributed by atoms with E-state index in [2.05, 4.69) is 4.72 Å². The molecule has 1 fully saturated rings. The summed E-state index contributed by atoms with van der Waals surface area (Å²) in [6.07, 6.45) is 0.737. The largest absolute Gasteiger partial charge is 0.477 e. The molecule has 1 saturated heterocycles. The highest BCUT2D eigenvalue weighted by atomic mass is 32.2. The Morgan fingerprint density at radius 2 is 2.26 bits per heavy atom. The van der Waals surface area contributed by atoms with E-state index < -0.39 is 16.0 Å². The van der Waals surface area contributed by atoms with Crippen LogP contribution in [0.5, 0.6) is 0 Å². The zero-order chi connectivity index (χ0) is 14.2. The van der Waals surface area contributed by atoms with Crippen LogP contribution in [0, 0.1) is 6.92 Å². The van der Waals surface area contributed by atoms with E-state index in [0.717, 1.165) is 24.3 Å². The third kappa shape index (κ3) is 2.97. The second-order valence-electron chi connectivity index (χ2n) is 4.75. The fourth-order valence-electron chi connectivity index (χ4n) is 2.22. The molecule has 1 aromatic heterocycles. The van der Waals surface area contributed by atoms with Crippen molar-refractivity contribution in [2.45, 2.75) is 24.3 Å². The molecule has 2 N–H and O–H groups in total. The molecule has 0 aromatic carbocycles. The molecule has 0 bridgehead atoms. The number of hydrogen-bond acceptors (Lipinski definition) is 5. The second kappa shape index (κ2) is 5.20. The Kier molecular flexibility index (Phi) is 3.95. The van der Waals surface area contributed by atoms with Crippen molar-refractivity contribution < 1.29 is 18.3 Å². The van der Waals surface area contributed by atoms with Crippen LogP contribution in [0.4, 0.5) is 0 Å². The summed E-state index contributed by atoms with van der Waals surface area (Å²) in [6.45, 7) is 3.09. The van der Waals surface area contributed by atoms with Crippen molar-refractivity contribution in [2.75, 3.05) is 20.1 Å². The maximum Gasteiger partial charge on any atom is 0.347 e. The first kappa shape index (κ1) is 14.4. The number of nitrogens with zero attached hydrogens (tertiary/aromatic N) is 1. The highest BCUT2D eigenvalue weighted by molar-refractivity contribution is 7.89. The lowest BCUT2D eigenvalue weighted by Gasteiger charge is -2.13. The molecular weight excluding hydrogens is 288 g/mol. The number of thiophene rings is 1. The van der Waals surface area contributed by atoms with Crippen LogP contribution in [-0.2, 0) is 10.0 Å². The SMILES string of the molecule is Cc1csc(C(=O)O)c1S(=O)(=O)NC1CCN(C)C1. The van der Waals surface area contributed by atoms with Crippen molar-refractivity contribution in [1.29, 1.82) is 0 Å². The smallest absolute Gasteiger partial charge is 0.347 e. The Balaban J connectivity index is 2.29. The molecule has 6 nitrogen and oxygen atoms in total. The van der Waals surface area contributed by atoms with Gasteiger partial charge in [-0.25, -0.2) is 17.9 Å². The highest BCUT2D eigenvalue weighted by Gasteiger charge is 2.30. The lowest BCUT2D eigenvalue weighted by Crippen LogP contribution is -2.37. The average molecular weight is 304 g/mol. The lowest BCUT2D eigenvalue weighted by atomic mass is 10.3. The molecule has 2 rings (SSSR count). The summed E-state index contributed by atoms with van der Waals surface area (Å²) >= 11 is 0.940. The van der Waals surface area contributed by atoms with E-state index in [1.165, 1.54) is 0 Å². The summed E-state index contributed by atoms with van der Waals surface area (Å²) in [4.78, 5) is 12.9. The van der Waals surface area contributed by atoms with Crippen molar-refractivity contribution >= 4 is 27.3 Å². The van der Waals surface area contributed by atoms with Gasteiger partial charge in [0.15, 0.2) is 0 Å². The average Bonchev–Trinajstić information content (AvgIpc) is 2.84. The first-order chi connectivity index (χ1) is 8.81. The van der Waals surface area contributed by atoms with E-state index in [1.807, 2.05) is 11.9 Å². The van der Waals surface area contributed by atoms with Crippen LogP contribution in [0.2, 0.25) is 0 Å². The Morgan fingerprint density at radius 3 is 2.79 bits per heavy atom. The first-order valence-electron chi connectivity index (χ1n) is 5.83. The van der Waals surface area contributed by atoms with Crippen molar-refractivity contribution in [2.24, 2.45) is 0 Å². The number of carboxylic acids is 1. The standard InChI is InChI=1S/C11H16N2O4S2/c1-7-6-18-9(11(14)15)10(7)19(16,17)12-8-3-4-13(2)5-8/h6,8,12H,3-5H2,1-2H3,(H,14,15). The van der Waals surface area contributed by atoms with Gasteiger partial charge in [-0.3, -0.25) is 0 Å². The molecule has 2 heterocycles. The number of carbonyl (C=O) groups is 1. The molecule has 0 spiro atoms.